The molecule has 0 aromatic heterocycles. The standard InChI is InChI=1S/C23H22O4/c1-14(2)22(24)26-20-7-5-6-16(11-20)17-8-9-18-12-21(13-19(18)10-17)27-23(25)15(3)4/h5-11,21H,1,3,12-13H2,2,4H3. The Bertz CT molecular complexity index is 939. The van der Waals surface area contributed by atoms with Crippen molar-refractivity contribution < 1.29 is 19.1 Å². The van der Waals surface area contributed by atoms with Gasteiger partial charge in [-0.25, -0.2) is 9.59 Å². The van der Waals surface area contributed by atoms with E-state index in [1.807, 2.05) is 24.3 Å². The normalized spacial score (nSPS) is 15.0. The summed E-state index contributed by atoms with van der Waals surface area (Å²) in [4.78, 5) is 23.5. The Morgan fingerprint density at radius 2 is 1.56 bits per heavy atom. The molecule has 0 saturated carbocycles. The lowest BCUT2D eigenvalue weighted by atomic mass is 10.0. The van der Waals surface area contributed by atoms with E-state index in [4.69, 9.17) is 9.47 Å². The predicted octanol–water partition coefficient (Wildman–Crippen LogP) is 4.42. The predicted molar refractivity (Wildman–Crippen MR) is 104 cm³/mol. The van der Waals surface area contributed by atoms with Crippen LogP contribution in [0.2, 0.25) is 0 Å². The van der Waals surface area contributed by atoms with Crippen LogP contribution in [-0.2, 0) is 27.2 Å². The van der Waals surface area contributed by atoms with Crippen LogP contribution in [0.1, 0.15) is 25.0 Å². The molecule has 0 radical (unpaired) electrons. The number of ether oxygens (including phenoxy) is 2. The molecule has 4 nitrogen and oxygen atoms in total. The van der Waals surface area contributed by atoms with Gasteiger partial charge in [0.2, 0.25) is 0 Å². The first-order chi connectivity index (χ1) is 12.8. The van der Waals surface area contributed by atoms with Crippen LogP contribution in [0.3, 0.4) is 0 Å². The second-order valence-electron chi connectivity index (χ2n) is 6.90. The molecule has 138 valence electrons. The zero-order valence-corrected chi connectivity index (χ0v) is 15.6. The topological polar surface area (TPSA) is 52.6 Å². The fourth-order valence-electron chi connectivity index (χ4n) is 3.03. The fraction of sp³-hybridized carbons (Fsp3) is 0.217. The monoisotopic (exact) mass is 362 g/mol. The summed E-state index contributed by atoms with van der Waals surface area (Å²) in [5.41, 5.74) is 5.08. The van der Waals surface area contributed by atoms with E-state index >= 15 is 0 Å². The number of fused-ring (bicyclic) bond motifs is 1. The lowest BCUT2D eigenvalue weighted by Gasteiger charge is -2.10. The van der Waals surface area contributed by atoms with Gasteiger partial charge in [-0.3, -0.25) is 0 Å². The van der Waals surface area contributed by atoms with Gasteiger partial charge >= 0.3 is 11.9 Å². The quantitative estimate of drug-likeness (QED) is 0.449. The first kappa shape index (κ1) is 18.6. The van der Waals surface area contributed by atoms with Gasteiger partial charge in [-0.05, 0) is 48.2 Å². The second kappa shape index (κ2) is 7.62. The highest BCUT2D eigenvalue weighted by atomic mass is 16.5. The molecule has 1 aliphatic carbocycles. The maximum atomic E-state index is 11.7. The van der Waals surface area contributed by atoms with Crippen LogP contribution >= 0.6 is 0 Å². The molecule has 2 aromatic rings. The van der Waals surface area contributed by atoms with Gasteiger partial charge in [-0.2, -0.15) is 0 Å². The molecule has 27 heavy (non-hydrogen) atoms. The summed E-state index contributed by atoms with van der Waals surface area (Å²) in [6, 6.07) is 13.6. The molecule has 2 aromatic carbocycles. The van der Waals surface area contributed by atoms with Gasteiger partial charge < -0.3 is 9.47 Å². The third-order valence-electron chi connectivity index (χ3n) is 4.45. The molecule has 3 rings (SSSR count). The van der Waals surface area contributed by atoms with Gasteiger partial charge in [-0.1, -0.05) is 43.5 Å². The summed E-state index contributed by atoms with van der Waals surface area (Å²) in [5.74, 6) is -0.308. The molecule has 0 fully saturated rings. The van der Waals surface area contributed by atoms with E-state index in [0.29, 0.717) is 29.7 Å². The minimum atomic E-state index is -0.441. The molecule has 4 heteroatoms. The van der Waals surface area contributed by atoms with Crippen molar-refractivity contribution in [2.75, 3.05) is 0 Å². The van der Waals surface area contributed by atoms with Crippen LogP contribution in [0.15, 0.2) is 66.8 Å². The molecule has 0 aliphatic heterocycles. The number of rotatable bonds is 5. The molecule has 1 atom stereocenters. The summed E-state index contributed by atoms with van der Waals surface area (Å²) >= 11 is 0. The first-order valence-corrected chi connectivity index (χ1v) is 8.80. The maximum Gasteiger partial charge on any atom is 0.338 e. The van der Waals surface area contributed by atoms with Crippen LogP contribution in [0, 0.1) is 0 Å². The van der Waals surface area contributed by atoms with Gasteiger partial charge in [0.15, 0.2) is 0 Å². The van der Waals surface area contributed by atoms with Crippen molar-refractivity contribution in [3.63, 3.8) is 0 Å². The third kappa shape index (κ3) is 4.34. The van der Waals surface area contributed by atoms with E-state index in [2.05, 4.69) is 25.3 Å². The van der Waals surface area contributed by atoms with Crippen LogP contribution in [-0.4, -0.2) is 18.0 Å². The Morgan fingerprint density at radius 3 is 2.26 bits per heavy atom. The average Bonchev–Trinajstić information content (AvgIpc) is 3.03. The van der Waals surface area contributed by atoms with Gasteiger partial charge in [0, 0.05) is 24.0 Å². The fourth-order valence-corrected chi connectivity index (χ4v) is 3.03. The molecule has 0 N–H and O–H groups in total. The summed E-state index contributed by atoms with van der Waals surface area (Å²) in [6.07, 6.45) is 1.25. The van der Waals surface area contributed by atoms with Crippen molar-refractivity contribution in [1.82, 2.24) is 0 Å². The molecule has 0 spiro atoms. The summed E-state index contributed by atoms with van der Waals surface area (Å²) in [6.45, 7) is 10.5. The Kier molecular flexibility index (Phi) is 5.26. The molecule has 0 saturated heterocycles. The Morgan fingerprint density at radius 1 is 0.889 bits per heavy atom. The Hall–Kier alpha value is -3.14. The van der Waals surface area contributed by atoms with Crippen molar-refractivity contribution in [3.8, 4) is 16.9 Å². The van der Waals surface area contributed by atoms with Crippen molar-refractivity contribution in [2.45, 2.75) is 32.8 Å². The maximum absolute atomic E-state index is 11.7. The molecule has 0 bridgehead atoms. The van der Waals surface area contributed by atoms with Crippen LogP contribution < -0.4 is 4.74 Å². The van der Waals surface area contributed by atoms with Gasteiger partial charge in [0.05, 0.1) is 0 Å². The molecule has 0 heterocycles. The van der Waals surface area contributed by atoms with E-state index in [1.54, 1.807) is 19.9 Å². The van der Waals surface area contributed by atoms with Crippen molar-refractivity contribution in [3.05, 3.63) is 77.9 Å². The number of carbonyl (C=O) groups excluding carboxylic acids is 2. The molecular weight excluding hydrogens is 340 g/mol. The van der Waals surface area contributed by atoms with E-state index in [0.717, 1.165) is 16.7 Å². The second-order valence-corrected chi connectivity index (χ2v) is 6.90. The summed E-state index contributed by atoms with van der Waals surface area (Å²) in [5, 5.41) is 0. The van der Waals surface area contributed by atoms with Crippen molar-refractivity contribution in [1.29, 1.82) is 0 Å². The lowest BCUT2D eigenvalue weighted by Crippen LogP contribution is -2.18. The summed E-state index contributed by atoms with van der Waals surface area (Å²) in [7, 11) is 0. The largest absolute Gasteiger partial charge is 0.458 e. The SMILES string of the molecule is C=C(C)C(=O)Oc1cccc(-c2ccc3c(c2)CC(OC(=O)C(=C)C)C3)c1. The lowest BCUT2D eigenvalue weighted by molar-refractivity contribution is -0.143. The Balaban J connectivity index is 1.77. The molecule has 1 aliphatic rings. The highest BCUT2D eigenvalue weighted by Gasteiger charge is 2.25. The number of hydrogen-bond acceptors (Lipinski definition) is 4. The smallest absolute Gasteiger partial charge is 0.338 e. The highest BCUT2D eigenvalue weighted by molar-refractivity contribution is 5.89. The zero-order chi connectivity index (χ0) is 19.6. The summed E-state index contributed by atoms with van der Waals surface area (Å²) < 4.78 is 10.8. The van der Waals surface area contributed by atoms with E-state index in [-0.39, 0.29) is 12.1 Å². The van der Waals surface area contributed by atoms with E-state index < -0.39 is 5.97 Å². The third-order valence-corrected chi connectivity index (χ3v) is 4.45. The highest BCUT2D eigenvalue weighted by Crippen LogP contribution is 2.31. The molecule has 1 unspecified atom stereocenters. The number of benzene rings is 2. The Labute approximate surface area is 159 Å². The minimum absolute atomic E-state index is 0.151. The van der Waals surface area contributed by atoms with Crippen LogP contribution in [0.5, 0.6) is 5.75 Å². The van der Waals surface area contributed by atoms with Gasteiger partial charge in [0.25, 0.3) is 0 Å². The number of carbonyl (C=O) groups is 2. The van der Waals surface area contributed by atoms with Crippen LogP contribution in [0.25, 0.3) is 11.1 Å². The van der Waals surface area contributed by atoms with Gasteiger partial charge in [-0.15, -0.1) is 0 Å². The average molecular weight is 362 g/mol. The molecular formula is C23H22O4. The van der Waals surface area contributed by atoms with Gasteiger partial charge in [0.1, 0.15) is 11.9 Å². The zero-order valence-electron chi connectivity index (χ0n) is 15.6. The minimum Gasteiger partial charge on any atom is -0.458 e. The van der Waals surface area contributed by atoms with Crippen molar-refractivity contribution in [2.24, 2.45) is 0 Å². The number of esters is 2. The van der Waals surface area contributed by atoms with Crippen LogP contribution in [0.4, 0.5) is 0 Å². The number of hydrogen-bond donors (Lipinski definition) is 0. The van der Waals surface area contributed by atoms with E-state index in [9.17, 15) is 9.59 Å². The first-order valence-electron chi connectivity index (χ1n) is 8.80. The van der Waals surface area contributed by atoms with Crippen molar-refractivity contribution >= 4 is 11.9 Å². The molecule has 0 amide bonds. The van der Waals surface area contributed by atoms with E-state index in [1.165, 1.54) is 5.56 Å².